The Labute approximate surface area is 154 Å². The smallest absolute Gasteiger partial charge is 0.316 e. The third kappa shape index (κ3) is 3.83. The van der Waals surface area contributed by atoms with Crippen molar-refractivity contribution >= 4 is 23.6 Å². The van der Waals surface area contributed by atoms with Gasteiger partial charge in [0.05, 0.1) is 18.2 Å². The van der Waals surface area contributed by atoms with Gasteiger partial charge in [0, 0.05) is 16.9 Å². The molecule has 1 aliphatic heterocycles. The zero-order valence-corrected chi connectivity index (χ0v) is 14.9. The maximum atomic E-state index is 13.9. The van der Waals surface area contributed by atoms with E-state index in [9.17, 15) is 14.0 Å². The lowest BCUT2D eigenvalue weighted by atomic mass is 10.00. The van der Waals surface area contributed by atoms with E-state index >= 15 is 0 Å². The number of para-hydroxylation sites is 1. The second-order valence-electron chi connectivity index (χ2n) is 5.92. The Bertz CT molecular complexity index is 842. The predicted octanol–water partition coefficient (Wildman–Crippen LogP) is 3.64. The summed E-state index contributed by atoms with van der Waals surface area (Å²) >= 11 is 1.11. The molecule has 3 rings (SSSR count). The minimum absolute atomic E-state index is 0.172. The molecule has 1 heterocycles. The molecular weight excluding hydrogens is 357 g/mol. The number of hydrogen-bond donors (Lipinski definition) is 2. The van der Waals surface area contributed by atoms with Crippen molar-refractivity contribution in [2.45, 2.75) is 29.5 Å². The zero-order chi connectivity index (χ0) is 18.7. The number of amides is 1. The number of rotatable bonds is 5. The van der Waals surface area contributed by atoms with Crippen LogP contribution in [0.15, 0.2) is 47.4 Å². The highest BCUT2D eigenvalue weighted by molar-refractivity contribution is 8.00. The normalized spacial score (nSPS) is 16.9. The van der Waals surface area contributed by atoms with Crippen LogP contribution in [0.4, 0.5) is 4.39 Å². The van der Waals surface area contributed by atoms with Gasteiger partial charge in [0.25, 0.3) is 5.91 Å². The summed E-state index contributed by atoms with van der Waals surface area (Å²) < 4.78 is 19.3. The molecule has 1 unspecified atom stereocenters. The molecule has 0 fully saturated rings. The minimum atomic E-state index is -0.945. The van der Waals surface area contributed by atoms with Gasteiger partial charge in [-0.25, -0.2) is 4.39 Å². The maximum absolute atomic E-state index is 13.9. The summed E-state index contributed by atoms with van der Waals surface area (Å²) in [5.74, 6) is -1.55. The van der Waals surface area contributed by atoms with Crippen LogP contribution in [0.1, 0.15) is 35.3 Å². The average Bonchev–Trinajstić information content (AvgIpc) is 2.63. The largest absolute Gasteiger partial charge is 0.490 e. The zero-order valence-electron chi connectivity index (χ0n) is 14.1. The van der Waals surface area contributed by atoms with E-state index in [-0.39, 0.29) is 17.7 Å². The van der Waals surface area contributed by atoms with Gasteiger partial charge in [-0.3, -0.25) is 9.59 Å². The second kappa shape index (κ2) is 7.78. The molecule has 5 nitrogen and oxygen atoms in total. The number of benzene rings is 2. The average molecular weight is 375 g/mol. The molecule has 0 radical (unpaired) electrons. The van der Waals surface area contributed by atoms with Crippen molar-refractivity contribution in [2.24, 2.45) is 0 Å². The fourth-order valence-electron chi connectivity index (χ4n) is 2.77. The van der Waals surface area contributed by atoms with E-state index in [0.29, 0.717) is 29.1 Å². The first-order chi connectivity index (χ1) is 12.5. The number of carboxylic acids is 1. The van der Waals surface area contributed by atoms with Gasteiger partial charge in [-0.1, -0.05) is 24.3 Å². The van der Waals surface area contributed by atoms with Gasteiger partial charge in [-0.15, -0.1) is 11.8 Å². The van der Waals surface area contributed by atoms with Crippen molar-refractivity contribution < 1.29 is 23.8 Å². The standard InChI is InChI=1S/C19H18FNO4S/c1-11(19(23)24)26-16-8-3-2-5-13(16)18(22)21-15-9-10-25-17-12(15)6-4-7-14(17)20/h2-8,11,15H,9-10H2,1H3,(H,21,22)(H,23,24)/t11?,15-/m1/s1. The van der Waals surface area contributed by atoms with Crippen LogP contribution in [0.2, 0.25) is 0 Å². The molecule has 2 aromatic carbocycles. The van der Waals surface area contributed by atoms with E-state index in [0.717, 1.165) is 11.8 Å². The number of hydrogen-bond acceptors (Lipinski definition) is 4. The Balaban J connectivity index is 1.82. The van der Waals surface area contributed by atoms with Crippen molar-refractivity contribution in [3.05, 3.63) is 59.4 Å². The molecule has 7 heteroatoms. The number of carbonyl (C=O) groups excluding carboxylic acids is 1. The van der Waals surface area contributed by atoms with Gasteiger partial charge in [-0.05, 0) is 25.1 Å². The van der Waals surface area contributed by atoms with E-state index < -0.39 is 17.0 Å². The third-order valence-corrected chi connectivity index (χ3v) is 5.28. The lowest BCUT2D eigenvalue weighted by Gasteiger charge is -2.27. The van der Waals surface area contributed by atoms with Gasteiger partial charge in [0.15, 0.2) is 11.6 Å². The van der Waals surface area contributed by atoms with Gasteiger partial charge in [0.1, 0.15) is 5.25 Å². The Morgan fingerprint density at radius 1 is 1.27 bits per heavy atom. The van der Waals surface area contributed by atoms with Crippen LogP contribution in [0, 0.1) is 5.82 Å². The molecule has 0 spiro atoms. The summed E-state index contributed by atoms with van der Waals surface area (Å²) in [6, 6.07) is 11.1. The number of aliphatic carboxylic acids is 1. The SMILES string of the molecule is CC(Sc1ccccc1C(=O)N[C@@H]1CCOc2c(F)cccc21)C(=O)O. The summed E-state index contributed by atoms with van der Waals surface area (Å²) in [5, 5.41) is 11.3. The molecule has 1 aliphatic rings. The molecule has 1 amide bonds. The van der Waals surface area contributed by atoms with Crippen LogP contribution in [0.3, 0.4) is 0 Å². The number of fused-ring (bicyclic) bond motifs is 1. The number of carbonyl (C=O) groups is 2. The molecule has 0 saturated heterocycles. The number of halogens is 1. The number of carboxylic acid groups (broad SMARTS) is 1. The van der Waals surface area contributed by atoms with Crippen LogP contribution in [0.5, 0.6) is 5.75 Å². The highest BCUT2D eigenvalue weighted by Crippen LogP contribution is 2.34. The number of ether oxygens (including phenoxy) is 1. The lowest BCUT2D eigenvalue weighted by Crippen LogP contribution is -2.32. The van der Waals surface area contributed by atoms with Crippen molar-refractivity contribution in [3.8, 4) is 5.75 Å². The van der Waals surface area contributed by atoms with Gasteiger partial charge in [-0.2, -0.15) is 0 Å². The topological polar surface area (TPSA) is 75.6 Å². The second-order valence-corrected chi connectivity index (χ2v) is 7.30. The first-order valence-electron chi connectivity index (χ1n) is 8.18. The number of thioether (sulfide) groups is 1. The summed E-state index contributed by atoms with van der Waals surface area (Å²) in [5.41, 5.74) is 1.00. The Morgan fingerprint density at radius 3 is 2.81 bits per heavy atom. The van der Waals surface area contributed by atoms with Crippen molar-refractivity contribution in [1.82, 2.24) is 5.32 Å². The van der Waals surface area contributed by atoms with E-state index in [1.165, 1.54) is 6.07 Å². The third-order valence-electron chi connectivity index (χ3n) is 4.11. The summed E-state index contributed by atoms with van der Waals surface area (Å²) in [6.45, 7) is 1.88. The van der Waals surface area contributed by atoms with Gasteiger partial charge < -0.3 is 15.2 Å². The Morgan fingerprint density at radius 2 is 2.04 bits per heavy atom. The summed E-state index contributed by atoms with van der Waals surface area (Å²) in [7, 11) is 0. The highest BCUT2D eigenvalue weighted by Gasteiger charge is 2.26. The molecule has 2 aromatic rings. The van der Waals surface area contributed by atoms with E-state index in [1.807, 2.05) is 0 Å². The van der Waals surface area contributed by atoms with Crippen molar-refractivity contribution in [1.29, 1.82) is 0 Å². The van der Waals surface area contributed by atoms with Crippen molar-refractivity contribution in [3.63, 3.8) is 0 Å². The predicted molar refractivity (Wildman–Crippen MR) is 96.1 cm³/mol. The van der Waals surface area contributed by atoms with E-state index in [1.54, 1.807) is 43.3 Å². The fraction of sp³-hybridized carbons (Fsp3) is 0.263. The lowest BCUT2D eigenvalue weighted by molar-refractivity contribution is -0.136. The first-order valence-corrected chi connectivity index (χ1v) is 9.06. The Hall–Kier alpha value is -2.54. The molecule has 0 saturated carbocycles. The summed E-state index contributed by atoms with van der Waals surface area (Å²) in [6.07, 6.45) is 0.531. The van der Waals surface area contributed by atoms with Crippen LogP contribution in [-0.2, 0) is 4.79 Å². The van der Waals surface area contributed by atoms with E-state index in [4.69, 9.17) is 9.84 Å². The molecule has 26 heavy (non-hydrogen) atoms. The molecule has 0 aromatic heterocycles. The van der Waals surface area contributed by atoms with Gasteiger partial charge in [0.2, 0.25) is 0 Å². The maximum Gasteiger partial charge on any atom is 0.316 e. The van der Waals surface area contributed by atoms with E-state index in [2.05, 4.69) is 5.32 Å². The number of nitrogens with one attached hydrogen (secondary N) is 1. The van der Waals surface area contributed by atoms with Crippen LogP contribution >= 0.6 is 11.8 Å². The fourth-order valence-corrected chi connectivity index (χ4v) is 3.70. The molecule has 136 valence electrons. The monoisotopic (exact) mass is 375 g/mol. The molecule has 0 bridgehead atoms. The minimum Gasteiger partial charge on any atom is -0.490 e. The molecule has 2 N–H and O–H groups in total. The molecule has 2 atom stereocenters. The summed E-state index contributed by atoms with van der Waals surface area (Å²) in [4.78, 5) is 24.5. The van der Waals surface area contributed by atoms with Crippen LogP contribution in [-0.4, -0.2) is 28.8 Å². The molecular formula is C19H18FNO4S. The quantitative estimate of drug-likeness (QED) is 0.781. The van der Waals surface area contributed by atoms with Gasteiger partial charge >= 0.3 is 5.97 Å². The van der Waals surface area contributed by atoms with Crippen molar-refractivity contribution in [2.75, 3.05) is 6.61 Å². The Kier molecular flexibility index (Phi) is 5.46. The highest BCUT2D eigenvalue weighted by atomic mass is 32.2. The molecule has 0 aliphatic carbocycles. The van der Waals surface area contributed by atoms with Crippen LogP contribution < -0.4 is 10.1 Å². The first kappa shape index (κ1) is 18.3. The van der Waals surface area contributed by atoms with Crippen LogP contribution in [0.25, 0.3) is 0 Å².